The van der Waals surface area contributed by atoms with Crippen molar-refractivity contribution >= 4 is 22.1 Å². The number of sulfonamides is 1. The molecular weight excluding hydrogens is 321 g/mol. The highest BCUT2D eigenvalue weighted by molar-refractivity contribution is 7.89. The van der Waals surface area contributed by atoms with Crippen molar-refractivity contribution in [1.82, 2.24) is 9.73 Å². The number of carbonyl (C=O) groups is 1. The number of hydrazone groups is 1. The van der Waals surface area contributed by atoms with E-state index in [1.165, 1.54) is 22.7 Å². The van der Waals surface area contributed by atoms with Gasteiger partial charge in [-0.2, -0.15) is 5.10 Å². The van der Waals surface area contributed by atoms with Gasteiger partial charge in [0, 0.05) is 13.1 Å². The van der Waals surface area contributed by atoms with Crippen molar-refractivity contribution in [3.05, 3.63) is 35.6 Å². The van der Waals surface area contributed by atoms with Gasteiger partial charge in [0.2, 0.25) is 15.9 Å². The van der Waals surface area contributed by atoms with Crippen LogP contribution in [0.1, 0.15) is 25.3 Å². The van der Waals surface area contributed by atoms with Crippen LogP contribution in [-0.2, 0) is 14.8 Å². The highest BCUT2D eigenvalue weighted by Gasteiger charge is 2.31. The molecule has 1 heterocycles. The molecule has 1 unspecified atom stereocenters. The van der Waals surface area contributed by atoms with E-state index in [4.69, 9.17) is 0 Å². The van der Waals surface area contributed by atoms with E-state index in [1.807, 2.05) is 0 Å². The molecule has 1 atom stereocenters. The maximum absolute atomic E-state index is 13.0. The second-order valence-electron chi connectivity index (χ2n) is 5.39. The molecule has 0 radical (unpaired) electrons. The maximum atomic E-state index is 13.0. The second kappa shape index (κ2) is 7.65. The van der Waals surface area contributed by atoms with Crippen LogP contribution in [0, 0.1) is 11.7 Å². The predicted octanol–water partition coefficient (Wildman–Crippen LogP) is 1.34. The summed E-state index contributed by atoms with van der Waals surface area (Å²) in [6.45, 7) is 2.21. The van der Waals surface area contributed by atoms with Gasteiger partial charge in [-0.05, 0) is 37.5 Å². The zero-order chi connectivity index (χ0) is 16.9. The highest BCUT2D eigenvalue weighted by Crippen LogP contribution is 2.19. The third-order valence-corrected chi connectivity index (χ3v) is 5.60. The maximum Gasteiger partial charge on any atom is 0.244 e. The summed E-state index contributed by atoms with van der Waals surface area (Å²) in [5.41, 5.74) is 2.93. The van der Waals surface area contributed by atoms with Crippen LogP contribution >= 0.6 is 0 Å². The predicted molar refractivity (Wildman–Crippen MR) is 85.9 cm³/mol. The minimum Gasteiger partial charge on any atom is -0.273 e. The van der Waals surface area contributed by atoms with Crippen LogP contribution in [0.2, 0.25) is 0 Å². The van der Waals surface area contributed by atoms with E-state index >= 15 is 0 Å². The lowest BCUT2D eigenvalue weighted by Gasteiger charge is -2.30. The summed E-state index contributed by atoms with van der Waals surface area (Å²) in [5.74, 6) is -1.10. The number of nitrogens with zero attached hydrogens (tertiary/aromatic N) is 2. The zero-order valence-electron chi connectivity index (χ0n) is 12.9. The Morgan fingerprint density at radius 2 is 2.30 bits per heavy atom. The molecule has 0 saturated carbocycles. The summed E-state index contributed by atoms with van der Waals surface area (Å²) in [4.78, 5) is 12.1. The molecule has 1 aliphatic heterocycles. The Morgan fingerprint density at radius 3 is 3.00 bits per heavy atom. The van der Waals surface area contributed by atoms with Gasteiger partial charge in [-0.3, -0.25) is 4.79 Å². The molecule has 1 saturated heterocycles. The summed E-state index contributed by atoms with van der Waals surface area (Å²) in [5, 5.41) is 3.81. The fourth-order valence-electron chi connectivity index (χ4n) is 2.44. The monoisotopic (exact) mass is 341 g/mol. The number of amides is 1. The van der Waals surface area contributed by atoms with Crippen molar-refractivity contribution in [2.45, 2.75) is 19.8 Å². The lowest BCUT2D eigenvalue weighted by molar-refractivity contribution is -0.126. The van der Waals surface area contributed by atoms with Gasteiger partial charge >= 0.3 is 0 Å². The van der Waals surface area contributed by atoms with E-state index in [2.05, 4.69) is 10.5 Å². The Kier molecular flexibility index (Phi) is 5.84. The number of benzene rings is 1. The van der Waals surface area contributed by atoms with Gasteiger partial charge < -0.3 is 0 Å². The topological polar surface area (TPSA) is 78.8 Å². The lowest BCUT2D eigenvalue weighted by Crippen LogP contribution is -2.45. The molecule has 1 fully saturated rings. The Bertz CT molecular complexity index is 691. The van der Waals surface area contributed by atoms with Crippen molar-refractivity contribution in [3.63, 3.8) is 0 Å². The third kappa shape index (κ3) is 4.84. The molecule has 1 aromatic carbocycles. The molecule has 1 N–H and O–H groups in total. The van der Waals surface area contributed by atoms with Crippen LogP contribution in [-0.4, -0.2) is 43.7 Å². The molecule has 1 amide bonds. The molecule has 0 bridgehead atoms. The summed E-state index contributed by atoms with van der Waals surface area (Å²) in [6, 6.07) is 5.83. The van der Waals surface area contributed by atoms with E-state index in [9.17, 15) is 17.6 Å². The zero-order valence-corrected chi connectivity index (χ0v) is 13.7. The normalized spacial score (nSPS) is 19.8. The fourth-order valence-corrected chi connectivity index (χ4v) is 3.62. The van der Waals surface area contributed by atoms with Gasteiger partial charge in [0.25, 0.3) is 0 Å². The van der Waals surface area contributed by atoms with E-state index in [-0.39, 0.29) is 24.0 Å². The van der Waals surface area contributed by atoms with Crippen LogP contribution in [0.5, 0.6) is 0 Å². The van der Waals surface area contributed by atoms with Crippen molar-refractivity contribution in [2.24, 2.45) is 11.0 Å². The van der Waals surface area contributed by atoms with Gasteiger partial charge in [-0.1, -0.05) is 12.1 Å². The van der Waals surface area contributed by atoms with Gasteiger partial charge in [0.05, 0.1) is 17.9 Å². The third-order valence-electron chi connectivity index (χ3n) is 3.75. The molecule has 126 valence electrons. The average Bonchev–Trinajstić information content (AvgIpc) is 2.55. The Morgan fingerprint density at radius 1 is 1.52 bits per heavy atom. The molecule has 2 rings (SSSR count). The summed E-state index contributed by atoms with van der Waals surface area (Å²) in [6.07, 6.45) is 2.62. The smallest absolute Gasteiger partial charge is 0.244 e. The summed E-state index contributed by atoms with van der Waals surface area (Å²) in [7, 11) is -3.28. The molecule has 23 heavy (non-hydrogen) atoms. The van der Waals surface area contributed by atoms with E-state index in [0.29, 0.717) is 24.9 Å². The van der Waals surface area contributed by atoms with Crippen LogP contribution in [0.3, 0.4) is 0 Å². The van der Waals surface area contributed by atoms with Crippen molar-refractivity contribution in [1.29, 1.82) is 0 Å². The molecule has 0 aliphatic carbocycles. The SMILES string of the molecule is CCS(=O)(=O)N1CCCC(C(=O)N/N=C/c2cccc(F)c2)C1. The minimum absolute atomic E-state index is 0.0268. The van der Waals surface area contributed by atoms with Crippen LogP contribution in [0.15, 0.2) is 29.4 Å². The minimum atomic E-state index is -3.28. The van der Waals surface area contributed by atoms with E-state index in [1.54, 1.807) is 19.1 Å². The Labute approximate surface area is 135 Å². The van der Waals surface area contributed by atoms with Crippen molar-refractivity contribution in [3.8, 4) is 0 Å². The van der Waals surface area contributed by atoms with Gasteiger partial charge in [-0.25, -0.2) is 22.5 Å². The quantitative estimate of drug-likeness (QED) is 0.648. The molecule has 6 nitrogen and oxygen atoms in total. The van der Waals surface area contributed by atoms with Gasteiger partial charge in [0.1, 0.15) is 5.82 Å². The highest BCUT2D eigenvalue weighted by atomic mass is 32.2. The van der Waals surface area contributed by atoms with Crippen LogP contribution < -0.4 is 5.43 Å². The molecule has 0 aromatic heterocycles. The Hall–Kier alpha value is -1.80. The Balaban J connectivity index is 1.93. The van der Waals surface area contributed by atoms with Crippen molar-refractivity contribution < 1.29 is 17.6 Å². The number of nitrogens with one attached hydrogen (secondary N) is 1. The van der Waals surface area contributed by atoms with E-state index in [0.717, 1.165) is 0 Å². The van der Waals surface area contributed by atoms with Crippen LogP contribution in [0.4, 0.5) is 4.39 Å². The summed E-state index contributed by atoms with van der Waals surface area (Å²) >= 11 is 0. The lowest BCUT2D eigenvalue weighted by atomic mass is 9.99. The first-order valence-corrected chi connectivity index (χ1v) is 9.09. The number of halogens is 1. The number of piperidine rings is 1. The largest absolute Gasteiger partial charge is 0.273 e. The van der Waals surface area contributed by atoms with Crippen molar-refractivity contribution in [2.75, 3.05) is 18.8 Å². The van der Waals surface area contributed by atoms with Crippen LogP contribution in [0.25, 0.3) is 0 Å². The molecule has 0 spiro atoms. The van der Waals surface area contributed by atoms with Gasteiger partial charge in [-0.15, -0.1) is 0 Å². The van der Waals surface area contributed by atoms with E-state index < -0.39 is 15.9 Å². The molecule has 8 heteroatoms. The fraction of sp³-hybridized carbons (Fsp3) is 0.467. The number of hydrogen-bond acceptors (Lipinski definition) is 4. The molecular formula is C15H20FN3O3S. The first-order valence-electron chi connectivity index (χ1n) is 7.48. The van der Waals surface area contributed by atoms with Gasteiger partial charge in [0.15, 0.2) is 0 Å². The first kappa shape index (κ1) is 17.6. The number of hydrogen-bond donors (Lipinski definition) is 1. The second-order valence-corrected chi connectivity index (χ2v) is 7.64. The summed E-state index contributed by atoms with van der Waals surface area (Å²) < 4.78 is 38.1. The molecule has 1 aromatic rings. The number of rotatable bonds is 5. The molecule has 1 aliphatic rings. The number of carbonyl (C=O) groups excluding carboxylic acids is 1. The average molecular weight is 341 g/mol. The first-order chi connectivity index (χ1) is 10.9. The standard InChI is InChI=1S/C15H20FN3O3S/c1-2-23(21,22)19-8-4-6-13(11-19)15(20)18-17-10-12-5-3-7-14(16)9-12/h3,5,7,9-10,13H,2,4,6,8,11H2,1H3,(H,18,20)/b17-10+.